The van der Waals surface area contributed by atoms with Gasteiger partial charge in [-0.15, -0.1) is 10.2 Å². The van der Waals surface area contributed by atoms with Crippen LogP contribution in [0.25, 0.3) is 11.5 Å². The Hall–Kier alpha value is -2.90. The molecule has 1 heterocycles. The van der Waals surface area contributed by atoms with E-state index in [1.165, 1.54) is 0 Å². The van der Waals surface area contributed by atoms with E-state index in [1.54, 1.807) is 0 Å². The van der Waals surface area contributed by atoms with Gasteiger partial charge in [0.1, 0.15) is 12.1 Å². The highest BCUT2D eigenvalue weighted by Crippen LogP contribution is 2.27. The number of rotatable bonds is 9. The number of hydrogen-bond acceptors (Lipinski definition) is 6. The zero-order valence-corrected chi connectivity index (χ0v) is 17.3. The minimum Gasteiger partial charge on any atom is -0.480 e. The first-order valence-corrected chi connectivity index (χ1v) is 9.78. The van der Waals surface area contributed by atoms with Crippen LogP contribution in [0.5, 0.6) is 0 Å². The highest BCUT2D eigenvalue weighted by molar-refractivity contribution is 5.79. The first kappa shape index (κ1) is 22.4. The van der Waals surface area contributed by atoms with Crippen molar-refractivity contribution in [2.24, 2.45) is 5.41 Å². The molecule has 158 valence electrons. The first-order chi connectivity index (χ1) is 13.7. The fourth-order valence-electron chi connectivity index (χ4n) is 2.69. The number of benzene rings is 1. The van der Waals surface area contributed by atoms with E-state index in [1.807, 2.05) is 58.0 Å². The van der Waals surface area contributed by atoms with Gasteiger partial charge in [0.05, 0.1) is 6.42 Å². The highest BCUT2D eigenvalue weighted by atomic mass is 16.6. The number of nitrogens with zero attached hydrogens (tertiary/aromatic N) is 2. The summed E-state index contributed by atoms with van der Waals surface area (Å²) in [5, 5.41) is 19.8. The lowest BCUT2D eigenvalue weighted by molar-refractivity contribution is -0.139. The van der Waals surface area contributed by atoms with Crippen molar-refractivity contribution in [2.45, 2.75) is 65.5 Å². The maximum atomic E-state index is 12.3. The number of ether oxygens (including phenoxy) is 1. The third-order valence-corrected chi connectivity index (χ3v) is 4.50. The second-order valence-corrected chi connectivity index (χ2v) is 8.01. The van der Waals surface area contributed by atoms with Crippen LogP contribution >= 0.6 is 0 Å². The molecule has 0 aliphatic heterocycles. The van der Waals surface area contributed by atoms with E-state index in [0.717, 1.165) is 12.0 Å². The standard InChI is InChI=1S/C21H29N3O5/c1-5-6-12-15(19(25)26)22-20(27)28-16(21(2,3)4)13-17-23-24-18(29-17)14-10-8-7-9-11-14/h7-11,15-16H,5-6,12-13H2,1-4H3,(H,22,27)(H,25,26)/t15-,16-/m0/s1. The molecule has 8 heteroatoms. The molecule has 1 aromatic carbocycles. The summed E-state index contributed by atoms with van der Waals surface area (Å²) in [5.74, 6) is -0.340. The fraction of sp³-hybridized carbons (Fsp3) is 0.524. The molecular weight excluding hydrogens is 374 g/mol. The van der Waals surface area contributed by atoms with Crippen molar-refractivity contribution in [3.05, 3.63) is 36.2 Å². The molecule has 0 saturated carbocycles. The number of carbonyl (C=O) groups excluding carboxylic acids is 1. The van der Waals surface area contributed by atoms with Crippen LogP contribution in [-0.4, -0.2) is 39.5 Å². The van der Waals surface area contributed by atoms with Crippen LogP contribution in [0.15, 0.2) is 34.7 Å². The van der Waals surface area contributed by atoms with Gasteiger partial charge in [-0.1, -0.05) is 58.7 Å². The Labute approximate surface area is 170 Å². The number of hydrogen-bond donors (Lipinski definition) is 2. The summed E-state index contributed by atoms with van der Waals surface area (Å²) in [5.41, 5.74) is 0.387. The zero-order chi connectivity index (χ0) is 21.4. The number of carboxylic acids is 1. The summed E-state index contributed by atoms with van der Waals surface area (Å²) in [4.78, 5) is 23.7. The third kappa shape index (κ3) is 6.89. The topological polar surface area (TPSA) is 115 Å². The van der Waals surface area contributed by atoms with Crippen molar-refractivity contribution in [1.82, 2.24) is 15.5 Å². The predicted octanol–water partition coefficient (Wildman–Crippen LogP) is 4.06. The quantitative estimate of drug-likeness (QED) is 0.649. The van der Waals surface area contributed by atoms with Gasteiger partial charge < -0.3 is 19.6 Å². The van der Waals surface area contributed by atoms with E-state index in [9.17, 15) is 14.7 Å². The molecule has 1 amide bonds. The van der Waals surface area contributed by atoms with Gasteiger partial charge in [-0.3, -0.25) is 0 Å². The van der Waals surface area contributed by atoms with Crippen molar-refractivity contribution in [3.8, 4) is 11.5 Å². The molecule has 0 aliphatic carbocycles. The van der Waals surface area contributed by atoms with Gasteiger partial charge in [0.15, 0.2) is 0 Å². The molecular formula is C21H29N3O5. The van der Waals surface area contributed by atoms with Gasteiger partial charge in [0, 0.05) is 5.56 Å². The maximum absolute atomic E-state index is 12.3. The molecule has 0 fully saturated rings. The third-order valence-electron chi connectivity index (χ3n) is 4.50. The van der Waals surface area contributed by atoms with Crippen LogP contribution in [0, 0.1) is 5.41 Å². The van der Waals surface area contributed by atoms with Crippen molar-refractivity contribution >= 4 is 12.1 Å². The van der Waals surface area contributed by atoms with Crippen LogP contribution < -0.4 is 5.32 Å². The molecule has 0 bridgehead atoms. The summed E-state index contributed by atoms with van der Waals surface area (Å²) in [6, 6.07) is 8.41. The Bertz CT molecular complexity index is 798. The molecule has 0 radical (unpaired) electrons. The van der Waals surface area contributed by atoms with Crippen molar-refractivity contribution in [3.63, 3.8) is 0 Å². The van der Waals surface area contributed by atoms with E-state index in [4.69, 9.17) is 9.15 Å². The molecule has 0 aliphatic rings. The normalized spacial score (nSPS) is 13.5. The molecule has 2 rings (SSSR count). The lowest BCUT2D eigenvalue weighted by atomic mass is 9.87. The van der Waals surface area contributed by atoms with Crippen molar-refractivity contribution < 1.29 is 23.8 Å². The van der Waals surface area contributed by atoms with E-state index >= 15 is 0 Å². The molecule has 1 aromatic heterocycles. The number of aliphatic carboxylic acids is 1. The van der Waals surface area contributed by atoms with Gasteiger partial charge in [-0.2, -0.15) is 0 Å². The summed E-state index contributed by atoms with van der Waals surface area (Å²) in [7, 11) is 0. The Morgan fingerprint density at radius 2 is 1.90 bits per heavy atom. The first-order valence-electron chi connectivity index (χ1n) is 9.78. The number of unbranched alkanes of at least 4 members (excludes halogenated alkanes) is 1. The maximum Gasteiger partial charge on any atom is 0.408 e. The lowest BCUT2D eigenvalue weighted by Gasteiger charge is -2.29. The van der Waals surface area contributed by atoms with Crippen LogP contribution in [-0.2, 0) is 16.0 Å². The molecule has 0 spiro atoms. The van der Waals surface area contributed by atoms with Crippen molar-refractivity contribution in [1.29, 1.82) is 0 Å². The number of carbonyl (C=O) groups is 2. The SMILES string of the molecule is CCCC[C@H](NC(=O)O[C@@H](Cc1nnc(-c2ccccc2)o1)C(C)(C)C)C(=O)O. The Morgan fingerprint density at radius 1 is 1.21 bits per heavy atom. The van der Waals surface area contributed by atoms with Crippen molar-refractivity contribution in [2.75, 3.05) is 0 Å². The lowest BCUT2D eigenvalue weighted by Crippen LogP contribution is -2.44. The fourth-order valence-corrected chi connectivity index (χ4v) is 2.69. The zero-order valence-electron chi connectivity index (χ0n) is 17.3. The molecule has 29 heavy (non-hydrogen) atoms. The second kappa shape index (κ2) is 10.0. The van der Waals surface area contributed by atoms with Crippen LogP contribution in [0.3, 0.4) is 0 Å². The number of amides is 1. The summed E-state index contributed by atoms with van der Waals surface area (Å²) in [6.07, 6.45) is 0.772. The number of alkyl carbamates (subject to hydrolysis) is 1. The van der Waals surface area contributed by atoms with Gasteiger partial charge in [0.25, 0.3) is 0 Å². The average Bonchev–Trinajstić information content (AvgIpc) is 3.13. The Kier molecular flexibility index (Phi) is 7.75. The van der Waals surface area contributed by atoms with E-state index in [0.29, 0.717) is 24.6 Å². The van der Waals surface area contributed by atoms with E-state index in [2.05, 4.69) is 15.5 Å². The average molecular weight is 403 g/mol. The van der Waals surface area contributed by atoms with Gasteiger partial charge in [-0.25, -0.2) is 9.59 Å². The van der Waals surface area contributed by atoms with E-state index < -0.39 is 29.6 Å². The van der Waals surface area contributed by atoms with Gasteiger partial charge >= 0.3 is 12.1 Å². The molecule has 2 N–H and O–H groups in total. The largest absolute Gasteiger partial charge is 0.480 e. The summed E-state index contributed by atoms with van der Waals surface area (Å²) < 4.78 is 11.3. The van der Waals surface area contributed by atoms with Crippen LogP contribution in [0.2, 0.25) is 0 Å². The molecule has 2 atom stereocenters. The van der Waals surface area contributed by atoms with E-state index in [-0.39, 0.29) is 6.42 Å². The second-order valence-electron chi connectivity index (χ2n) is 8.01. The Morgan fingerprint density at radius 3 is 2.48 bits per heavy atom. The number of carboxylic acid groups (broad SMARTS) is 1. The smallest absolute Gasteiger partial charge is 0.408 e. The minimum atomic E-state index is -1.08. The minimum absolute atomic E-state index is 0.226. The van der Waals surface area contributed by atoms with Crippen LogP contribution in [0.1, 0.15) is 52.8 Å². The molecule has 0 unspecified atom stereocenters. The molecule has 8 nitrogen and oxygen atoms in total. The van der Waals surface area contributed by atoms with Gasteiger partial charge in [-0.05, 0) is 24.0 Å². The predicted molar refractivity (Wildman–Crippen MR) is 107 cm³/mol. The summed E-state index contributed by atoms with van der Waals surface area (Å²) in [6.45, 7) is 7.72. The number of aromatic nitrogens is 2. The van der Waals surface area contributed by atoms with Gasteiger partial charge in [0.2, 0.25) is 11.8 Å². The monoisotopic (exact) mass is 403 g/mol. The molecule has 2 aromatic rings. The van der Waals surface area contributed by atoms with Crippen LogP contribution in [0.4, 0.5) is 4.79 Å². The number of nitrogens with one attached hydrogen (secondary N) is 1. The summed E-state index contributed by atoms with van der Waals surface area (Å²) >= 11 is 0. The highest BCUT2D eigenvalue weighted by Gasteiger charge is 2.32. The molecule has 0 saturated heterocycles. The Balaban J connectivity index is 2.05.